The Kier molecular flexibility index (Phi) is 7.02. The fraction of sp³-hybridized carbons (Fsp3) is 0.824. The largest absolute Gasteiger partial charge is 0.391 e. The molecular weight excluding hydrogens is 308 g/mol. The van der Waals surface area contributed by atoms with Crippen LogP contribution in [0.15, 0.2) is 4.52 Å². The minimum Gasteiger partial charge on any atom is -0.391 e. The lowest BCUT2D eigenvalue weighted by Crippen LogP contribution is -2.42. The van der Waals surface area contributed by atoms with E-state index in [-0.39, 0.29) is 24.5 Å². The van der Waals surface area contributed by atoms with Gasteiger partial charge in [0.25, 0.3) is 0 Å². The van der Waals surface area contributed by atoms with Crippen molar-refractivity contribution in [2.45, 2.75) is 77.4 Å². The summed E-state index contributed by atoms with van der Waals surface area (Å²) in [6.07, 6.45) is 5.89. The van der Waals surface area contributed by atoms with E-state index in [1.807, 2.05) is 20.8 Å². The summed E-state index contributed by atoms with van der Waals surface area (Å²) in [6.45, 7) is 6.12. The standard InChI is InChI=1S/C17H30N4O3/c1-4-12(5-2)14(22)10-18-17(23)19-11(3)16-20-15(21-24-16)13-8-6-7-9-13/h11-14,22H,4-10H2,1-3H3,(H2,18,19,23). The second-order valence-corrected chi connectivity index (χ2v) is 6.69. The van der Waals surface area contributed by atoms with E-state index >= 15 is 0 Å². The van der Waals surface area contributed by atoms with E-state index < -0.39 is 6.10 Å². The van der Waals surface area contributed by atoms with Gasteiger partial charge in [0.2, 0.25) is 5.89 Å². The van der Waals surface area contributed by atoms with Gasteiger partial charge in [0.05, 0.1) is 6.10 Å². The van der Waals surface area contributed by atoms with Gasteiger partial charge in [-0.25, -0.2) is 4.79 Å². The van der Waals surface area contributed by atoms with Gasteiger partial charge in [0, 0.05) is 12.5 Å². The van der Waals surface area contributed by atoms with Gasteiger partial charge in [-0.05, 0) is 25.7 Å². The Morgan fingerprint density at radius 3 is 2.62 bits per heavy atom. The van der Waals surface area contributed by atoms with Crippen LogP contribution in [0.2, 0.25) is 0 Å². The zero-order valence-electron chi connectivity index (χ0n) is 14.9. The Hall–Kier alpha value is -1.63. The Balaban J connectivity index is 1.79. The zero-order valence-corrected chi connectivity index (χ0v) is 14.9. The maximum absolute atomic E-state index is 12.0. The smallest absolute Gasteiger partial charge is 0.315 e. The number of urea groups is 1. The van der Waals surface area contributed by atoms with E-state index in [1.54, 1.807) is 0 Å². The number of nitrogens with one attached hydrogen (secondary N) is 2. The summed E-state index contributed by atoms with van der Waals surface area (Å²) in [7, 11) is 0. The number of carbonyl (C=O) groups is 1. The van der Waals surface area contributed by atoms with Crippen molar-refractivity contribution in [2.75, 3.05) is 6.54 Å². The molecule has 136 valence electrons. The van der Waals surface area contributed by atoms with Gasteiger partial charge >= 0.3 is 6.03 Å². The van der Waals surface area contributed by atoms with Crippen LogP contribution in [0, 0.1) is 5.92 Å². The van der Waals surface area contributed by atoms with Gasteiger partial charge < -0.3 is 20.3 Å². The molecule has 0 radical (unpaired) electrons. The van der Waals surface area contributed by atoms with E-state index in [0.29, 0.717) is 11.8 Å². The van der Waals surface area contributed by atoms with Gasteiger partial charge in [-0.15, -0.1) is 0 Å². The molecule has 1 fully saturated rings. The van der Waals surface area contributed by atoms with Crippen molar-refractivity contribution in [2.24, 2.45) is 5.92 Å². The molecule has 0 bridgehead atoms. The zero-order chi connectivity index (χ0) is 17.5. The maximum atomic E-state index is 12.0. The molecule has 1 heterocycles. The highest BCUT2D eigenvalue weighted by molar-refractivity contribution is 5.74. The highest BCUT2D eigenvalue weighted by Gasteiger charge is 2.24. The summed E-state index contributed by atoms with van der Waals surface area (Å²) in [6, 6.07) is -0.703. The predicted molar refractivity (Wildman–Crippen MR) is 90.5 cm³/mol. The van der Waals surface area contributed by atoms with Crippen molar-refractivity contribution in [3.05, 3.63) is 11.7 Å². The summed E-state index contributed by atoms with van der Waals surface area (Å²) in [5.41, 5.74) is 0. The van der Waals surface area contributed by atoms with E-state index in [1.165, 1.54) is 12.8 Å². The molecule has 1 aliphatic carbocycles. The fourth-order valence-electron chi connectivity index (χ4n) is 3.28. The Morgan fingerprint density at radius 1 is 1.33 bits per heavy atom. The first-order chi connectivity index (χ1) is 11.5. The van der Waals surface area contributed by atoms with E-state index in [4.69, 9.17) is 4.52 Å². The van der Waals surface area contributed by atoms with Gasteiger partial charge in [-0.3, -0.25) is 0 Å². The Morgan fingerprint density at radius 2 is 2.00 bits per heavy atom. The van der Waals surface area contributed by atoms with Crippen LogP contribution in [0.3, 0.4) is 0 Å². The first-order valence-electron chi connectivity index (χ1n) is 9.11. The summed E-state index contributed by atoms with van der Waals surface area (Å²) in [5.74, 6) is 1.76. The second kappa shape index (κ2) is 9.01. The molecule has 1 aromatic heterocycles. The number of hydrogen-bond acceptors (Lipinski definition) is 5. The molecule has 0 saturated heterocycles. The van der Waals surface area contributed by atoms with Crippen LogP contribution < -0.4 is 10.6 Å². The lowest BCUT2D eigenvalue weighted by molar-refractivity contribution is 0.103. The summed E-state index contributed by atoms with van der Waals surface area (Å²) in [4.78, 5) is 16.4. The first-order valence-corrected chi connectivity index (χ1v) is 9.11. The monoisotopic (exact) mass is 338 g/mol. The molecule has 1 aromatic rings. The predicted octanol–water partition coefficient (Wildman–Crippen LogP) is 2.88. The van der Waals surface area contributed by atoms with E-state index in [0.717, 1.165) is 31.5 Å². The number of aliphatic hydroxyl groups is 1. The molecule has 0 spiro atoms. The Bertz CT molecular complexity index is 510. The number of carbonyl (C=O) groups excluding carboxylic acids is 1. The SMILES string of the molecule is CCC(CC)C(O)CNC(=O)NC(C)c1nc(C2CCCC2)no1. The highest BCUT2D eigenvalue weighted by Crippen LogP contribution is 2.32. The molecule has 3 N–H and O–H groups in total. The second-order valence-electron chi connectivity index (χ2n) is 6.69. The molecule has 7 heteroatoms. The summed E-state index contributed by atoms with van der Waals surface area (Å²) < 4.78 is 5.29. The third kappa shape index (κ3) is 4.93. The average Bonchev–Trinajstić information content (AvgIpc) is 3.24. The quantitative estimate of drug-likeness (QED) is 0.677. The van der Waals surface area contributed by atoms with Crippen molar-refractivity contribution < 1.29 is 14.4 Å². The lowest BCUT2D eigenvalue weighted by atomic mass is 9.97. The van der Waals surface area contributed by atoms with Gasteiger partial charge in [-0.1, -0.05) is 44.7 Å². The normalized spacial score (nSPS) is 17.9. The van der Waals surface area contributed by atoms with Crippen LogP contribution in [0.1, 0.15) is 83.0 Å². The number of amides is 2. The highest BCUT2D eigenvalue weighted by atomic mass is 16.5. The van der Waals surface area contributed by atoms with Crippen LogP contribution in [0.25, 0.3) is 0 Å². The van der Waals surface area contributed by atoms with Gasteiger partial charge in [0.15, 0.2) is 5.82 Å². The van der Waals surface area contributed by atoms with Crippen LogP contribution in [0.5, 0.6) is 0 Å². The molecule has 0 aromatic carbocycles. The molecule has 2 atom stereocenters. The van der Waals surface area contributed by atoms with Crippen LogP contribution in [-0.2, 0) is 0 Å². The minimum atomic E-state index is -0.529. The van der Waals surface area contributed by atoms with Crippen LogP contribution in [-0.4, -0.2) is 33.9 Å². The van der Waals surface area contributed by atoms with Crippen molar-refractivity contribution in [1.29, 1.82) is 0 Å². The first kappa shape index (κ1) is 18.7. The van der Waals surface area contributed by atoms with E-state index in [9.17, 15) is 9.90 Å². The molecule has 1 aliphatic rings. The van der Waals surface area contributed by atoms with E-state index in [2.05, 4.69) is 20.8 Å². The average molecular weight is 338 g/mol. The molecule has 2 rings (SSSR count). The van der Waals surface area contributed by atoms with Crippen LogP contribution in [0.4, 0.5) is 4.79 Å². The molecule has 2 amide bonds. The number of rotatable bonds is 8. The third-order valence-corrected chi connectivity index (χ3v) is 4.96. The molecule has 1 saturated carbocycles. The fourth-order valence-corrected chi connectivity index (χ4v) is 3.28. The Labute approximate surface area is 143 Å². The van der Waals surface area contributed by atoms with Gasteiger partial charge in [0.1, 0.15) is 6.04 Å². The van der Waals surface area contributed by atoms with Gasteiger partial charge in [-0.2, -0.15) is 4.98 Å². The van der Waals surface area contributed by atoms with Crippen molar-refractivity contribution >= 4 is 6.03 Å². The molecule has 0 aliphatic heterocycles. The number of nitrogens with zero attached hydrogens (tertiary/aromatic N) is 2. The topological polar surface area (TPSA) is 100 Å². The van der Waals surface area contributed by atoms with Crippen molar-refractivity contribution in [3.8, 4) is 0 Å². The summed E-state index contributed by atoms with van der Waals surface area (Å²) in [5, 5.41) is 19.6. The summed E-state index contributed by atoms with van der Waals surface area (Å²) >= 11 is 0. The number of aromatic nitrogens is 2. The third-order valence-electron chi connectivity index (χ3n) is 4.96. The maximum Gasteiger partial charge on any atom is 0.315 e. The molecule has 7 nitrogen and oxygen atoms in total. The van der Waals surface area contributed by atoms with Crippen LogP contribution >= 0.6 is 0 Å². The molecule has 24 heavy (non-hydrogen) atoms. The lowest BCUT2D eigenvalue weighted by Gasteiger charge is -2.20. The minimum absolute atomic E-state index is 0.202. The number of hydrogen-bond donors (Lipinski definition) is 3. The molecular formula is C17H30N4O3. The number of aliphatic hydroxyl groups excluding tert-OH is 1. The van der Waals surface area contributed by atoms with Crippen molar-refractivity contribution in [3.63, 3.8) is 0 Å². The van der Waals surface area contributed by atoms with Crippen molar-refractivity contribution in [1.82, 2.24) is 20.8 Å². The molecule has 2 unspecified atom stereocenters.